The second kappa shape index (κ2) is 7.98. The Labute approximate surface area is 133 Å². The van der Waals surface area contributed by atoms with E-state index in [1.54, 1.807) is 0 Å². The topological polar surface area (TPSA) is 64.6 Å². The summed E-state index contributed by atoms with van der Waals surface area (Å²) in [6, 6.07) is 3.54. The largest absolute Gasteiger partial charge is 0.480 e. The predicted octanol–water partition coefficient (Wildman–Crippen LogP) is 2.71. The predicted molar refractivity (Wildman–Crippen MR) is 80.4 cm³/mol. The van der Waals surface area contributed by atoms with Gasteiger partial charge in [0.15, 0.2) is 13.2 Å². The zero-order chi connectivity index (χ0) is 16.8. The molecule has 0 saturated carbocycles. The Balaban J connectivity index is 2.36. The van der Waals surface area contributed by atoms with Crippen LogP contribution < -0.4 is 10.1 Å². The molecule has 0 bridgehead atoms. The fourth-order valence-corrected chi connectivity index (χ4v) is 1.64. The van der Waals surface area contributed by atoms with Gasteiger partial charge in [-0.3, -0.25) is 4.79 Å². The van der Waals surface area contributed by atoms with Gasteiger partial charge in [0, 0.05) is 5.54 Å². The van der Waals surface area contributed by atoms with E-state index in [0.717, 1.165) is 18.6 Å². The van der Waals surface area contributed by atoms with Crippen molar-refractivity contribution in [2.24, 2.45) is 0 Å². The van der Waals surface area contributed by atoms with Crippen molar-refractivity contribution in [1.29, 1.82) is 0 Å². The summed E-state index contributed by atoms with van der Waals surface area (Å²) in [4.78, 5) is 23.1. The van der Waals surface area contributed by atoms with Gasteiger partial charge in [0.05, 0.1) is 5.02 Å². The van der Waals surface area contributed by atoms with E-state index in [1.807, 2.05) is 20.8 Å². The van der Waals surface area contributed by atoms with Crippen LogP contribution in [0, 0.1) is 5.82 Å². The third kappa shape index (κ3) is 6.30. The molecule has 5 nitrogen and oxygen atoms in total. The third-order valence-electron chi connectivity index (χ3n) is 2.97. The number of rotatable bonds is 7. The molecule has 0 fully saturated rings. The number of hydrogen-bond donors (Lipinski definition) is 1. The minimum atomic E-state index is -0.718. The number of carbonyl (C=O) groups excluding carboxylic acids is 2. The zero-order valence-electron chi connectivity index (χ0n) is 12.7. The van der Waals surface area contributed by atoms with Crippen molar-refractivity contribution in [3.63, 3.8) is 0 Å². The molecule has 0 unspecified atom stereocenters. The molecular formula is C15H19ClFNO4. The molecule has 0 aliphatic carbocycles. The molecule has 1 aromatic rings. The van der Waals surface area contributed by atoms with Crippen molar-refractivity contribution < 1.29 is 23.5 Å². The van der Waals surface area contributed by atoms with E-state index in [0.29, 0.717) is 0 Å². The summed E-state index contributed by atoms with van der Waals surface area (Å²) in [5, 5.41) is 2.78. The lowest BCUT2D eigenvalue weighted by Crippen LogP contribution is -2.44. The highest BCUT2D eigenvalue weighted by Crippen LogP contribution is 2.24. The lowest BCUT2D eigenvalue weighted by molar-refractivity contribution is -0.150. The molecular weight excluding hydrogens is 313 g/mol. The first-order valence-electron chi connectivity index (χ1n) is 6.78. The highest BCUT2D eigenvalue weighted by Gasteiger charge is 2.18. The van der Waals surface area contributed by atoms with Crippen LogP contribution in [0.5, 0.6) is 5.75 Å². The number of esters is 1. The smallest absolute Gasteiger partial charge is 0.344 e. The van der Waals surface area contributed by atoms with Crippen LogP contribution in [0.1, 0.15) is 27.2 Å². The first kappa shape index (κ1) is 18.2. The summed E-state index contributed by atoms with van der Waals surface area (Å²) in [5.74, 6) is -1.45. The van der Waals surface area contributed by atoms with Gasteiger partial charge in [0.25, 0.3) is 5.91 Å². The summed E-state index contributed by atoms with van der Waals surface area (Å²) < 4.78 is 22.7. The number of ether oxygens (including phenoxy) is 2. The van der Waals surface area contributed by atoms with Crippen molar-refractivity contribution >= 4 is 23.5 Å². The van der Waals surface area contributed by atoms with Gasteiger partial charge in [0.1, 0.15) is 11.6 Å². The molecule has 0 heterocycles. The lowest BCUT2D eigenvalue weighted by atomic mass is 10.0. The highest BCUT2D eigenvalue weighted by atomic mass is 35.5. The Bertz CT molecular complexity index is 548. The summed E-state index contributed by atoms with van der Waals surface area (Å²) >= 11 is 5.75. The quantitative estimate of drug-likeness (QED) is 0.780. The van der Waals surface area contributed by atoms with Gasteiger partial charge in [-0.05, 0) is 38.5 Å². The summed E-state index contributed by atoms with van der Waals surface area (Å²) in [7, 11) is 0. The molecule has 0 aromatic heterocycles. The molecule has 7 heteroatoms. The van der Waals surface area contributed by atoms with Gasteiger partial charge in [-0.1, -0.05) is 18.5 Å². The van der Waals surface area contributed by atoms with Crippen LogP contribution in [-0.2, 0) is 14.3 Å². The minimum absolute atomic E-state index is 0.0511. The summed E-state index contributed by atoms with van der Waals surface area (Å²) in [5.41, 5.74) is -0.359. The molecule has 1 amide bonds. The molecule has 0 aliphatic heterocycles. The van der Waals surface area contributed by atoms with Gasteiger partial charge in [-0.25, -0.2) is 9.18 Å². The molecule has 1 rings (SSSR count). The Hall–Kier alpha value is -1.82. The summed E-state index contributed by atoms with van der Waals surface area (Å²) in [6.07, 6.45) is 0.749. The highest BCUT2D eigenvalue weighted by molar-refractivity contribution is 6.32. The zero-order valence-corrected chi connectivity index (χ0v) is 13.5. The average molecular weight is 332 g/mol. The van der Waals surface area contributed by atoms with Gasteiger partial charge >= 0.3 is 5.97 Å². The Kier molecular flexibility index (Phi) is 6.61. The van der Waals surface area contributed by atoms with Crippen LogP contribution in [0.25, 0.3) is 0 Å². The van der Waals surface area contributed by atoms with Crippen LogP contribution in [0.15, 0.2) is 18.2 Å². The molecule has 122 valence electrons. The second-order valence-corrected chi connectivity index (χ2v) is 5.72. The number of nitrogens with one attached hydrogen (secondary N) is 1. The van der Waals surface area contributed by atoms with Crippen LogP contribution in [-0.4, -0.2) is 30.6 Å². The fourth-order valence-electron chi connectivity index (χ4n) is 1.42. The molecule has 1 N–H and O–H groups in total. The normalized spacial score (nSPS) is 11.0. The van der Waals surface area contributed by atoms with E-state index in [9.17, 15) is 14.0 Å². The van der Waals surface area contributed by atoms with Gasteiger partial charge in [0.2, 0.25) is 0 Å². The molecule has 0 spiro atoms. The first-order valence-corrected chi connectivity index (χ1v) is 7.16. The minimum Gasteiger partial charge on any atom is -0.480 e. The maximum atomic E-state index is 12.8. The first-order chi connectivity index (χ1) is 10.2. The van der Waals surface area contributed by atoms with Crippen molar-refractivity contribution in [2.75, 3.05) is 13.2 Å². The number of amides is 1. The third-order valence-corrected chi connectivity index (χ3v) is 3.26. The molecule has 0 atom stereocenters. The van der Waals surface area contributed by atoms with E-state index < -0.39 is 18.4 Å². The molecule has 0 saturated heterocycles. The standard InChI is InChI=1S/C15H19ClFNO4/c1-4-15(2,3)18-13(19)8-22-14(20)9-21-12-6-5-10(17)7-11(12)16/h5-7H,4,8-9H2,1-3H3,(H,18,19). The Morgan fingerprint density at radius 1 is 1.32 bits per heavy atom. The van der Waals surface area contributed by atoms with E-state index in [1.165, 1.54) is 6.07 Å². The van der Waals surface area contributed by atoms with Crippen molar-refractivity contribution in [1.82, 2.24) is 5.32 Å². The molecule has 0 radical (unpaired) electrons. The van der Waals surface area contributed by atoms with E-state index in [2.05, 4.69) is 5.32 Å². The number of carbonyl (C=O) groups is 2. The summed E-state index contributed by atoms with van der Waals surface area (Å²) in [6.45, 7) is 4.86. The van der Waals surface area contributed by atoms with Crippen LogP contribution in [0.2, 0.25) is 5.02 Å². The van der Waals surface area contributed by atoms with Gasteiger partial charge in [-0.2, -0.15) is 0 Å². The number of halogens is 2. The van der Waals surface area contributed by atoms with Crippen molar-refractivity contribution in [2.45, 2.75) is 32.7 Å². The van der Waals surface area contributed by atoms with E-state index >= 15 is 0 Å². The van der Waals surface area contributed by atoms with Crippen molar-refractivity contribution in [3.05, 3.63) is 29.0 Å². The van der Waals surface area contributed by atoms with Crippen molar-refractivity contribution in [3.8, 4) is 5.75 Å². The number of benzene rings is 1. The van der Waals surface area contributed by atoms with E-state index in [4.69, 9.17) is 21.1 Å². The van der Waals surface area contributed by atoms with E-state index in [-0.39, 0.29) is 28.8 Å². The fraction of sp³-hybridized carbons (Fsp3) is 0.467. The monoisotopic (exact) mass is 331 g/mol. The Morgan fingerprint density at radius 3 is 2.59 bits per heavy atom. The number of hydrogen-bond acceptors (Lipinski definition) is 4. The second-order valence-electron chi connectivity index (χ2n) is 5.31. The molecule has 1 aromatic carbocycles. The SMILES string of the molecule is CCC(C)(C)NC(=O)COC(=O)COc1ccc(F)cc1Cl. The maximum absolute atomic E-state index is 12.8. The van der Waals surface area contributed by atoms with Crippen LogP contribution >= 0.6 is 11.6 Å². The average Bonchev–Trinajstić information content (AvgIpc) is 2.43. The van der Waals surface area contributed by atoms with Crippen LogP contribution in [0.4, 0.5) is 4.39 Å². The van der Waals surface area contributed by atoms with Crippen LogP contribution in [0.3, 0.4) is 0 Å². The molecule has 22 heavy (non-hydrogen) atoms. The molecule has 0 aliphatic rings. The maximum Gasteiger partial charge on any atom is 0.344 e. The van der Waals surface area contributed by atoms with Gasteiger partial charge in [-0.15, -0.1) is 0 Å². The lowest BCUT2D eigenvalue weighted by Gasteiger charge is -2.24. The Morgan fingerprint density at radius 2 is 2.00 bits per heavy atom. The van der Waals surface area contributed by atoms with Gasteiger partial charge < -0.3 is 14.8 Å².